The first-order chi connectivity index (χ1) is 13.9. The van der Waals surface area contributed by atoms with Crippen LogP contribution in [0.1, 0.15) is 49.9 Å². The fraction of sp³-hybridized carbons (Fsp3) is 0.208. The minimum atomic E-state index is -0.305. The second kappa shape index (κ2) is 8.69. The van der Waals surface area contributed by atoms with Gasteiger partial charge in [0.15, 0.2) is 0 Å². The molecule has 0 bridgehead atoms. The Morgan fingerprint density at radius 3 is 2.17 bits per heavy atom. The molecule has 0 saturated heterocycles. The third-order valence-electron chi connectivity index (χ3n) is 5.01. The van der Waals surface area contributed by atoms with Gasteiger partial charge in [0.05, 0.1) is 11.1 Å². The van der Waals surface area contributed by atoms with E-state index in [4.69, 9.17) is 0 Å². The quantitative estimate of drug-likeness (QED) is 0.642. The Hall–Kier alpha value is -3.47. The van der Waals surface area contributed by atoms with Crippen molar-refractivity contribution in [3.05, 3.63) is 88.2 Å². The monoisotopic (exact) mass is 387 g/mol. The molecule has 0 aliphatic rings. The molecule has 148 valence electrons. The van der Waals surface area contributed by atoms with E-state index in [-0.39, 0.29) is 11.8 Å². The SMILES string of the molecule is CCc1cccc(C)c1NC(=O)c1cncc(C(=O)Nc2ccc(C)c(C)c2)c1. The Labute approximate surface area is 171 Å². The van der Waals surface area contributed by atoms with E-state index in [0.717, 1.165) is 34.4 Å². The van der Waals surface area contributed by atoms with Crippen molar-refractivity contribution in [2.75, 3.05) is 10.6 Å². The summed E-state index contributed by atoms with van der Waals surface area (Å²) in [5.74, 6) is -0.595. The van der Waals surface area contributed by atoms with Crippen LogP contribution < -0.4 is 10.6 Å². The molecule has 2 N–H and O–H groups in total. The van der Waals surface area contributed by atoms with Gasteiger partial charge in [0.2, 0.25) is 0 Å². The van der Waals surface area contributed by atoms with Gasteiger partial charge in [0.1, 0.15) is 0 Å². The summed E-state index contributed by atoms with van der Waals surface area (Å²) in [7, 11) is 0. The summed E-state index contributed by atoms with van der Waals surface area (Å²) >= 11 is 0. The number of nitrogens with one attached hydrogen (secondary N) is 2. The molecule has 2 amide bonds. The third kappa shape index (κ3) is 4.69. The lowest BCUT2D eigenvalue weighted by molar-refractivity contribution is 0.102. The maximum Gasteiger partial charge on any atom is 0.257 e. The molecule has 0 unspecified atom stereocenters. The maximum absolute atomic E-state index is 12.8. The van der Waals surface area contributed by atoms with Crippen molar-refractivity contribution < 1.29 is 9.59 Å². The summed E-state index contributed by atoms with van der Waals surface area (Å²) in [5.41, 5.74) is 6.50. The number of pyridine rings is 1. The number of rotatable bonds is 5. The molecule has 3 aromatic rings. The van der Waals surface area contributed by atoms with Gasteiger partial charge >= 0.3 is 0 Å². The zero-order valence-corrected chi connectivity index (χ0v) is 17.2. The van der Waals surface area contributed by atoms with Crippen molar-refractivity contribution in [3.8, 4) is 0 Å². The van der Waals surface area contributed by atoms with Crippen LogP contribution in [-0.2, 0) is 6.42 Å². The van der Waals surface area contributed by atoms with Crippen LogP contribution in [0.5, 0.6) is 0 Å². The molecule has 0 spiro atoms. The van der Waals surface area contributed by atoms with E-state index < -0.39 is 0 Å². The van der Waals surface area contributed by atoms with Gasteiger partial charge in [0.25, 0.3) is 11.8 Å². The van der Waals surface area contributed by atoms with Crippen LogP contribution in [0.4, 0.5) is 11.4 Å². The van der Waals surface area contributed by atoms with Crippen molar-refractivity contribution in [1.29, 1.82) is 0 Å². The highest BCUT2D eigenvalue weighted by molar-refractivity contribution is 6.08. The first kappa shape index (κ1) is 20.3. The summed E-state index contributed by atoms with van der Waals surface area (Å²) in [6.45, 7) is 8.02. The number of aromatic nitrogens is 1. The second-order valence-corrected chi connectivity index (χ2v) is 7.13. The van der Waals surface area contributed by atoms with Crippen molar-refractivity contribution in [3.63, 3.8) is 0 Å². The van der Waals surface area contributed by atoms with E-state index in [9.17, 15) is 9.59 Å². The number of hydrogen-bond acceptors (Lipinski definition) is 3. The molecule has 0 fully saturated rings. The average molecular weight is 387 g/mol. The van der Waals surface area contributed by atoms with Crippen LogP contribution in [0.3, 0.4) is 0 Å². The lowest BCUT2D eigenvalue weighted by Crippen LogP contribution is -2.17. The number of hydrogen-bond donors (Lipinski definition) is 2. The number of benzene rings is 2. The van der Waals surface area contributed by atoms with Gasteiger partial charge in [-0.05, 0) is 67.6 Å². The first-order valence-corrected chi connectivity index (χ1v) is 9.62. The molecular formula is C24H25N3O2. The van der Waals surface area contributed by atoms with Crippen LogP contribution in [0.15, 0.2) is 54.9 Å². The summed E-state index contributed by atoms with van der Waals surface area (Å²) in [6, 6.07) is 13.2. The molecule has 0 radical (unpaired) electrons. The Kier molecular flexibility index (Phi) is 6.07. The predicted octanol–water partition coefficient (Wildman–Crippen LogP) is 5.07. The van der Waals surface area contributed by atoms with Gasteiger partial charge in [0, 0.05) is 23.8 Å². The maximum atomic E-state index is 12.8. The van der Waals surface area contributed by atoms with Crippen LogP contribution in [-0.4, -0.2) is 16.8 Å². The molecule has 1 heterocycles. The number of anilines is 2. The minimum Gasteiger partial charge on any atom is -0.322 e. The highest BCUT2D eigenvalue weighted by atomic mass is 16.2. The molecule has 5 nitrogen and oxygen atoms in total. The van der Waals surface area contributed by atoms with E-state index in [1.807, 2.05) is 64.1 Å². The molecule has 3 rings (SSSR count). The molecule has 5 heteroatoms. The van der Waals surface area contributed by atoms with Crippen molar-refractivity contribution in [1.82, 2.24) is 4.98 Å². The normalized spacial score (nSPS) is 10.5. The Morgan fingerprint density at radius 2 is 1.52 bits per heavy atom. The summed E-state index contributed by atoms with van der Waals surface area (Å²) < 4.78 is 0. The number of amides is 2. The highest BCUT2D eigenvalue weighted by Crippen LogP contribution is 2.22. The van der Waals surface area contributed by atoms with Gasteiger partial charge in [-0.2, -0.15) is 0 Å². The molecule has 1 aromatic heterocycles. The van der Waals surface area contributed by atoms with E-state index in [1.54, 1.807) is 6.07 Å². The van der Waals surface area contributed by atoms with Crippen molar-refractivity contribution in [2.45, 2.75) is 34.1 Å². The zero-order chi connectivity index (χ0) is 21.0. The van der Waals surface area contributed by atoms with Gasteiger partial charge in [-0.1, -0.05) is 31.2 Å². The Bertz CT molecular complexity index is 1070. The average Bonchev–Trinajstić information content (AvgIpc) is 2.72. The van der Waals surface area contributed by atoms with Crippen LogP contribution in [0, 0.1) is 20.8 Å². The van der Waals surface area contributed by atoms with Gasteiger partial charge in [-0.25, -0.2) is 0 Å². The number of nitrogens with zero attached hydrogens (tertiary/aromatic N) is 1. The molecule has 0 saturated carbocycles. The highest BCUT2D eigenvalue weighted by Gasteiger charge is 2.14. The lowest BCUT2D eigenvalue weighted by atomic mass is 10.1. The van der Waals surface area contributed by atoms with Gasteiger partial charge in [-0.15, -0.1) is 0 Å². The van der Waals surface area contributed by atoms with Crippen LogP contribution in [0.25, 0.3) is 0 Å². The fourth-order valence-corrected chi connectivity index (χ4v) is 3.10. The summed E-state index contributed by atoms with van der Waals surface area (Å²) in [6.07, 6.45) is 3.73. The summed E-state index contributed by atoms with van der Waals surface area (Å²) in [4.78, 5) is 29.5. The van der Waals surface area contributed by atoms with Gasteiger partial charge < -0.3 is 10.6 Å². The van der Waals surface area contributed by atoms with Gasteiger partial charge in [-0.3, -0.25) is 14.6 Å². The topological polar surface area (TPSA) is 71.1 Å². The molecule has 0 atom stereocenters. The lowest BCUT2D eigenvalue weighted by Gasteiger charge is -2.13. The number of carbonyl (C=O) groups excluding carboxylic acids is 2. The van der Waals surface area contributed by atoms with Crippen molar-refractivity contribution in [2.24, 2.45) is 0 Å². The number of carbonyl (C=O) groups is 2. The number of para-hydroxylation sites is 1. The van der Waals surface area contributed by atoms with E-state index in [0.29, 0.717) is 16.8 Å². The fourth-order valence-electron chi connectivity index (χ4n) is 3.10. The molecule has 2 aromatic carbocycles. The van der Waals surface area contributed by atoms with Crippen LogP contribution >= 0.6 is 0 Å². The van der Waals surface area contributed by atoms with E-state index >= 15 is 0 Å². The Morgan fingerprint density at radius 1 is 0.828 bits per heavy atom. The molecule has 0 aliphatic carbocycles. The zero-order valence-electron chi connectivity index (χ0n) is 17.2. The van der Waals surface area contributed by atoms with E-state index in [2.05, 4.69) is 15.6 Å². The van der Waals surface area contributed by atoms with Crippen LogP contribution in [0.2, 0.25) is 0 Å². The standard InChI is InChI=1S/C24H25N3O2/c1-5-18-8-6-7-16(3)22(18)27-24(29)20-12-19(13-25-14-20)23(28)26-21-10-9-15(2)17(4)11-21/h6-14H,5H2,1-4H3,(H,26,28)(H,27,29). The first-order valence-electron chi connectivity index (χ1n) is 9.62. The number of aryl methyl sites for hydroxylation is 4. The smallest absolute Gasteiger partial charge is 0.257 e. The minimum absolute atomic E-state index is 0.290. The Balaban J connectivity index is 1.79. The molecular weight excluding hydrogens is 362 g/mol. The summed E-state index contributed by atoms with van der Waals surface area (Å²) in [5, 5.41) is 5.82. The van der Waals surface area contributed by atoms with Crippen molar-refractivity contribution >= 4 is 23.2 Å². The van der Waals surface area contributed by atoms with E-state index in [1.165, 1.54) is 12.4 Å². The molecule has 0 aliphatic heterocycles. The largest absolute Gasteiger partial charge is 0.322 e. The predicted molar refractivity (Wildman–Crippen MR) is 117 cm³/mol. The third-order valence-corrected chi connectivity index (χ3v) is 5.01. The molecule has 29 heavy (non-hydrogen) atoms. The second-order valence-electron chi connectivity index (χ2n) is 7.13.